The second kappa shape index (κ2) is 9.17. The van der Waals surface area contributed by atoms with Gasteiger partial charge in [-0.2, -0.15) is 0 Å². The summed E-state index contributed by atoms with van der Waals surface area (Å²) in [6, 6.07) is 5.77. The van der Waals surface area contributed by atoms with Gasteiger partial charge in [-0.15, -0.1) is 12.4 Å². The minimum atomic E-state index is -3.71. The smallest absolute Gasteiger partial charge is 0.251 e. The molecule has 1 aliphatic heterocycles. The van der Waals surface area contributed by atoms with Crippen molar-refractivity contribution in [2.45, 2.75) is 23.8 Å². The third-order valence-electron chi connectivity index (χ3n) is 3.92. The van der Waals surface area contributed by atoms with Gasteiger partial charge in [-0.25, -0.2) is 8.42 Å². The molecule has 1 unspecified atom stereocenters. The van der Waals surface area contributed by atoms with Crippen LogP contribution in [-0.2, 0) is 14.6 Å². The highest BCUT2D eigenvalue weighted by atomic mass is 35.5. The van der Waals surface area contributed by atoms with E-state index in [1.54, 1.807) is 0 Å². The molecule has 2 amide bonds. The Kier molecular flexibility index (Phi) is 7.85. The van der Waals surface area contributed by atoms with Crippen LogP contribution in [0.1, 0.15) is 23.2 Å². The summed E-state index contributed by atoms with van der Waals surface area (Å²) < 4.78 is 24.4. The van der Waals surface area contributed by atoms with Crippen molar-refractivity contribution in [3.63, 3.8) is 0 Å². The van der Waals surface area contributed by atoms with Gasteiger partial charge >= 0.3 is 0 Å². The summed E-state index contributed by atoms with van der Waals surface area (Å²) >= 11 is 0. The van der Waals surface area contributed by atoms with E-state index < -0.39 is 21.5 Å². The van der Waals surface area contributed by atoms with Crippen LogP contribution in [0.5, 0.6) is 0 Å². The molecule has 140 valence electrons. The number of amides is 2. The van der Waals surface area contributed by atoms with E-state index in [4.69, 9.17) is 0 Å². The van der Waals surface area contributed by atoms with Gasteiger partial charge in [-0.05, 0) is 43.7 Å². The molecule has 1 aromatic carbocycles. The molecule has 1 saturated heterocycles. The average Bonchev–Trinajstić information content (AvgIpc) is 2.55. The second-order valence-corrected chi connectivity index (χ2v) is 8.08. The van der Waals surface area contributed by atoms with E-state index >= 15 is 0 Å². The first kappa shape index (κ1) is 21.4. The van der Waals surface area contributed by atoms with Gasteiger partial charge in [0.05, 0.1) is 4.90 Å². The van der Waals surface area contributed by atoms with E-state index in [1.165, 1.54) is 43.3 Å². The summed E-state index contributed by atoms with van der Waals surface area (Å²) in [6.07, 6.45) is 1.94. The number of sulfone groups is 1. The highest BCUT2D eigenvalue weighted by molar-refractivity contribution is 7.92. The lowest BCUT2D eigenvalue weighted by Gasteiger charge is -2.23. The molecule has 2 N–H and O–H groups in total. The molecule has 0 bridgehead atoms. The highest BCUT2D eigenvalue weighted by Gasteiger charge is 2.21. The second-order valence-electron chi connectivity index (χ2n) is 6.09. The van der Waals surface area contributed by atoms with Gasteiger partial charge < -0.3 is 15.5 Å². The standard InChI is InChI=1S/C16H23N3O4S.ClH/c1-19(2)15(20)11-24(22,23)14-7-5-12(6-8-14)16(21)18-13-4-3-9-17-10-13;/h5-8,13,17H,3-4,9-11H2,1-2H3,(H,18,21);1H. The summed E-state index contributed by atoms with van der Waals surface area (Å²) in [4.78, 5) is 25.1. The van der Waals surface area contributed by atoms with E-state index in [2.05, 4.69) is 10.6 Å². The third kappa shape index (κ3) is 5.98. The molecule has 1 aromatic rings. The number of carbonyl (C=O) groups is 2. The first-order valence-electron chi connectivity index (χ1n) is 7.84. The number of halogens is 1. The molecule has 2 rings (SSSR count). The van der Waals surface area contributed by atoms with E-state index in [-0.39, 0.29) is 29.3 Å². The van der Waals surface area contributed by atoms with Crippen LogP contribution >= 0.6 is 12.4 Å². The Bertz CT molecular complexity index is 699. The zero-order valence-corrected chi connectivity index (χ0v) is 16.0. The fourth-order valence-corrected chi connectivity index (χ4v) is 3.73. The number of carbonyl (C=O) groups excluding carboxylic acids is 2. The monoisotopic (exact) mass is 389 g/mol. The molecule has 7 nitrogen and oxygen atoms in total. The maximum absolute atomic E-state index is 12.2. The number of hydrogen-bond acceptors (Lipinski definition) is 5. The fourth-order valence-electron chi connectivity index (χ4n) is 2.43. The molecule has 0 spiro atoms. The van der Waals surface area contributed by atoms with Crippen LogP contribution in [0, 0.1) is 0 Å². The molecule has 9 heteroatoms. The lowest BCUT2D eigenvalue weighted by atomic mass is 10.1. The summed E-state index contributed by atoms with van der Waals surface area (Å²) in [5, 5.41) is 6.15. The first-order valence-corrected chi connectivity index (χ1v) is 9.49. The number of nitrogens with one attached hydrogen (secondary N) is 2. The highest BCUT2D eigenvalue weighted by Crippen LogP contribution is 2.13. The van der Waals surface area contributed by atoms with Gasteiger partial charge in [0.2, 0.25) is 5.91 Å². The van der Waals surface area contributed by atoms with Crippen LogP contribution in [0.15, 0.2) is 29.2 Å². The van der Waals surface area contributed by atoms with E-state index in [0.717, 1.165) is 25.9 Å². The fraction of sp³-hybridized carbons (Fsp3) is 0.500. The predicted octanol–water partition coefficient (Wildman–Crippen LogP) is 0.452. The number of benzene rings is 1. The van der Waals surface area contributed by atoms with E-state index in [1.807, 2.05) is 0 Å². The van der Waals surface area contributed by atoms with Gasteiger partial charge in [0.25, 0.3) is 5.91 Å². The van der Waals surface area contributed by atoms with Crippen LogP contribution < -0.4 is 10.6 Å². The minimum Gasteiger partial charge on any atom is -0.348 e. The predicted molar refractivity (Wildman–Crippen MR) is 97.8 cm³/mol. The van der Waals surface area contributed by atoms with Crippen LogP contribution in [0.2, 0.25) is 0 Å². The first-order chi connectivity index (χ1) is 11.3. The van der Waals surface area contributed by atoms with E-state index in [9.17, 15) is 18.0 Å². The summed E-state index contributed by atoms with van der Waals surface area (Å²) in [5.41, 5.74) is 0.401. The van der Waals surface area contributed by atoms with Gasteiger partial charge in [0.1, 0.15) is 5.75 Å². The van der Waals surface area contributed by atoms with Crippen molar-refractivity contribution in [2.75, 3.05) is 32.9 Å². The minimum absolute atomic E-state index is 0. The Morgan fingerprint density at radius 2 is 1.88 bits per heavy atom. The van der Waals surface area contributed by atoms with Gasteiger partial charge in [-0.1, -0.05) is 0 Å². The number of rotatable bonds is 5. The molecule has 0 radical (unpaired) electrons. The summed E-state index contributed by atoms with van der Waals surface area (Å²) in [6.45, 7) is 1.70. The number of hydrogen-bond donors (Lipinski definition) is 2. The Balaban J connectivity index is 0.00000312. The van der Waals surface area contributed by atoms with Gasteiger partial charge in [-0.3, -0.25) is 9.59 Å². The zero-order valence-electron chi connectivity index (χ0n) is 14.3. The van der Waals surface area contributed by atoms with Crippen molar-refractivity contribution in [3.05, 3.63) is 29.8 Å². The lowest BCUT2D eigenvalue weighted by molar-refractivity contribution is -0.125. The maximum atomic E-state index is 12.2. The molecule has 1 aliphatic rings. The summed E-state index contributed by atoms with van der Waals surface area (Å²) in [7, 11) is -0.696. The zero-order chi connectivity index (χ0) is 17.7. The molecule has 0 aliphatic carbocycles. The molecular weight excluding hydrogens is 366 g/mol. The maximum Gasteiger partial charge on any atom is 0.251 e. The molecule has 1 atom stereocenters. The Morgan fingerprint density at radius 1 is 1.24 bits per heavy atom. The lowest BCUT2D eigenvalue weighted by Crippen LogP contribution is -2.45. The van der Waals surface area contributed by atoms with Crippen LogP contribution in [0.3, 0.4) is 0 Å². The molecular formula is C16H24ClN3O4S. The third-order valence-corrected chi connectivity index (χ3v) is 5.54. The van der Waals surface area contributed by atoms with Gasteiger partial charge in [0.15, 0.2) is 9.84 Å². The van der Waals surface area contributed by atoms with Crippen molar-refractivity contribution in [3.8, 4) is 0 Å². The van der Waals surface area contributed by atoms with Crippen molar-refractivity contribution in [1.82, 2.24) is 15.5 Å². The number of nitrogens with zero attached hydrogens (tertiary/aromatic N) is 1. The van der Waals surface area contributed by atoms with Crippen LogP contribution in [-0.4, -0.2) is 64.1 Å². The molecule has 0 saturated carbocycles. The molecule has 1 fully saturated rings. The van der Waals surface area contributed by atoms with Crippen molar-refractivity contribution < 1.29 is 18.0 Å². The normalized spacial score (nSPS) is 17.3. The molecule has 1 heterocycles. The Morgan fingerprint density at radius 3 is 2.40 bits per heavy atom. The van der Waals surface area contributed by atoms with Gasteiger partial charge in [0, 0.05) is 32.2 Å². The van der Waals surface area contributed by atoms with E-state index in [0.29, 0.717) is 5.56 Å². The van der Waals surface area contributed by atoms with Crippen LogP contribution in [0.25, 0.3) is 0 Å². The molecule has 0 aromatic heterocycles. The average molecular weight is 390 g/mol. The summed E-state index contributed by atoms with van der Waals surface area (Å²) in [5.74, 6) is -1.29. The van der Waals surface area contributed by atoms with Crippen LogP contribution in [0.4, 0.5) is 0 Å². The number of piperidine rings is 1. The Labute approximate surface area is 154 Å². The SMILES string of the molecule is CN(C)C(=O)CS(=O)(=O)c1ccc(C(=O)NC2CCCNC2)cc1.Cl. The van der Waals surface area contributed by atoms with Crippen molar-refractivity contribution in [1.29, 1.82) is 0 Å². The largest absolute Gasteiger partial charge is 0.348 e. The quantitative estimate of drug-likeness (QED) is 0.762. The topological polar surface area (TPSA) is 95.6 Å². The van der Waals surface area contributed by atoms with Crippen molar-refractivity contribution in [2.24, 2.45) is 0 Å². The Hall–Kier alpha value is -1.64. The molecule has 25 heavy (non-hydrogen) atoms. The van der Waals surface area contributed by atoms with Crippen molar-refractivity contribution >= 4 is 34.1 Å².